The molecule has 3 rings (SSSR count). The molecule has 1 fully saturated rings. The lowest BCUT2D eigenvalue weighted by atomic mass is 10.0. The monoisotopic (exact) mass is 302 g/mol. The molecule has 1 aliphatic rings. The predicted octanol–water partition coefficient (Wildman–Crippen LogP) is 1.33. The number of fused-ring (bicyclic) bond motifs is 1. The molecule has 0 radical (unpaired) electrons. The number of hydrogen-bond donors (Lipinski definition) is 2. The number of nitrogens with one attached hydrogen (secondary N) is 1. The molecule has 0 unspecified atom stereocenters. The lowest BCUT2D eigenvalue weighted by Gasteiger charge is -2.30. The Morgan fingerprint density at radius 1 is 1.45 bits per heavy atom. The number of nitrogens with zero attached hydrogens (tertiary/aromatic N) is 1. The number of carbonyl (C=O) groups excluding carboxylic acids is 1. The zero-order chi connectivity index (χ0) is 15.7. The van der Waals surface area contributed by atoms with Crippen LogP contribution in [0.3, 0.4) is 0 Å². The van der Waals surface area contributed by atoms with Crippen LogP contribution in [0.2, 0.25) is 0 Å². The second-order valence-electron chi connectivity index (χ2n) is 5.53. The molecule has 2 heterocycles. The summed E-state index contributed by atoms with van der Waals surface area (Å²) >= 11 is 0. The molecule has 6 nitrogen and oxygen atoms in total. The van der Waals surface area contributed by atoms with Crippen molar-refractivity contribution in [2.75, 3.05) is 19.7 Å². The SMILES string of the molecule is Cc1cccc2[nH]cc(CC(=O)N3CCO[C@@H](C(=O)O)C3)c12. The number of hydrogen-bond acceptors (Lipinski definition) is 3. The van der Waals surface area contributed by atoms with E-state index in [1.165, 1.54) is 0 Å². The van der Waals surface area contributed by atoms with E-state index in [9.17, 15) is 9.59 Å². The fourth-order valence-corrected chi connectivity index (χ4v) is 2.89. The average Bonchev–Trinajstić information content (AvgIpc) is 2.92. The molecule has 2 N–H and O–H groups in total. The van der Waals surface area contributed by atoms with Gasteiger partial charge in [0.2, 0.25) is 5.91 Å². The first-order chi connectivity index (χ1) is 10.6. The molecule has 0 bridgehead atoms. The molecule has 1 atom stereocenters. The van der Waals surface area contributed by atoms with Gasteiger partial charge in [0.25, 0.3) is 0 Å². The smallest absolute Gasteiger partial charge is 0.334 e. The molecule has 1 aromatic heterocycles. The molecule has 0 aliphatic carbocycles. The van der Waals surface area contributed by atoms with E-state index in [0.29, 0.717) is 6.54 Å². The van der Waals surface area contributed by atoms with Crippen LogP contribution in [0, 0.1) is 6.92 Å². The van der Waals surface area contributed by atoms with Crippen molar-refractivity contribution in [3.05, 3.63) is 35.5 Å². The van der Waals surface area contributed by atoms with E-state index in [1.807, 2.05) is 31.3 Å². The summed E-state index contributed by atoms with van der Waals surface area (Å²) in [6, 6.07) is 5.96. The number of aliphatic carboxylic acids is 1. The quantitative estimate of drug-likeness (QED) is 0.896. The summed E-state index contributed by atoms with van der Waals surface area (Å²) in [4.78, 5) is 28.2. The van der Waals surface area contributed by atoms with Crippen LogP contribution in [0.5, 0.6) is 0 Å². The van der Waals surface area contributed by atoms with Gasteiger partial charge in [-0.2, -0.15) is 0 Å². The lowest BCUT2D eigenvalue weighted by Crippen LogP contribution is -2.49. The van der Waals surface area contributed by atoms with Gasteiger partial charge in [-0.15, -0.1) is 0 Å². The average molecular weight is 302 g/mol. The Hall–Kier alpha value is -2.34. The maximum Gasteiger partial charge on any atom is 0.334 e. The summed E-state index contributed by atoms with van der Waals surface area (Å²) in [6.45, 7) is 2.81. The van der Waals surface area contributed by atoms with Gasteiger partial charge in [0.15, 0.2) is 6.10 Å². The maximum absolute atomic E-state index is 12.5. The van der Waals surface area contributed by atoms with Gasteiger partial charge in [-0.25, -0.2) is 4.79 Å². The molecule has 1 saturated heterocycles. The second-order valence-corrected chi connectivity index (χ2v) is 5.53. The molecule has 1 aromatic carbocycles. The number of benzene rings is 1. The number of amides is 1. The number of carboxylic acids is 1. The molecular formula is C16H18N2O4. The van der Waals surface area contributed by atoms with Crippen molar-refractivity contribution in [1.29, 1.82) is 0 Å². The Morgan fingerprint density at radius 2 is 2.27 bits per heavy atom. The van der Waals surface area contributed by atoms with Crippen LogP contribution >= 0.6 is 0 Å². The molecular weight excluding hydrogens is 284 g/mol. The summed E-state index contributed by atoms with van der Waals surface area (Å²) < 4.78 is 5.14. The first-order valence-corrected chi connectivity index (χ1v) is 7.24. The van der Waals surface area contributed by atoms with E-state index < -0.39 is 12.1 Å². The van der Waals surface area contributed by atoms with Crippen LogP contribution in [-0.4, -0.2) is 52.7 Å². The van der Waals surface area contributed by atoms with E-state index in [4.69, 9.17) is 9.84 Å². The molecule has 0 saturated carbocycles. The topological polar surface area (TPSA) is 82.6 Å². The Labute approximate surface area is 127 Å². The van der Waals surface area contributed by atoms with Crippen LogP contribution < -0.4 is 0 Å². The largest absolute Gasteiger partial charge is 0.479 e. The standard InChI is InChI=1S/C16H18N2O4/c1-10-3-2-4-12-15(10)11(8-17-12)7-14(19)18-5-6-22-13(9-18)16(20)21/h2-4,8,13,17H,5-7,9H2,1H3,(H,20,21)/t13-/m1/s1. The van der Waals surface area contributed by atoms with E-state index in [2.05, 4.69) is 4.98 Å². The molecule has 116 valence electrons. The van der Waals surface area contributed by atoms with Gasteiger partial charge in [-0.1, -0.05) is 12.1 Å². The second kappa shape index (κ2) is 5.81. The van der Waals surface area contributed by atoms with Crippen molar-refractivity contribution in [3.8, 4) is 0 Å². The Kier molecular flexibility index (Phi) is 3.85. The minimum atomic E-state index is -1.03. The molecule has 6 heteroatoms. The third-order valence-electron chi connectivity index (χ3n) is 4.03. The molecule has 0 spiro atoms. The van der Waals surface area contributed by atoms with Crippen molar-refractivity contribution in [3.63, 3.8) is 0 Å². The highest BCUT2D eigenvalue weighted by Gasteiger charge is 2.29. The van der Waals surface area contributed by atoms with Gasteiger partial charge in [0, 0.05) is 23.6 Å². The van der Waals surface area contributed by atoms with Crippen molar-refractivity contribution in [2.45, 2.75) is 19.4 Å². The van der Waals surface area contributed by atoms with Crippen molar-refractivity contribution in [2.24, 2.45) is 0 Å². The van der Waals surface area contributed by atoms with Crippen LogP contribution in [0.4, 0.5) is 0 Å². The third-order valence-corrected chi connectivity index (χ3v) is 4.03. The fraction of sp³-hybridized carbons (Fsp3) is 0.375. The lowest BCUT2D eigenvalue weighted by molar-refractivity contribution is -0.159. The first kappa shape index (κ1) is 14.6. The Bertz CT molecular complexity index is 722. The van der Waals surface area contributed by atoms with Gasteiger partial charge in [0.05, 0.1) is 19.6 Å². The summed E-state index contributed by atoms with van der Waals surface area (Å²) in [5, 5.41) is 10.1. The van der Waals surface area contributed by atoms with E-state index in [1.54, 1.807) is 4.90 Å². The van der Waals surface area contributed by atoms with E-state index in [-0.39, 0.29) is 25.5 Å². The van der Waals surface area contributed by atoms with Crippen molar-refractivity contribution >= 4 is 22.8 Å². The normalized spacial score (nSPS) is 18.6. The van der Waals surface area contributed by atoms with Crippen LogP contribution in [0.15, 0.2) is 24.4 Å². The van der Waals surface area contributed by atoms with Crippen molar-refractivity contribution < 1.29 is 19.4 Å². The number of H-pyrrole nitrogens is 1. The van der Waals surface area contributed by atoms with Gasteiger partial charge in [-0.3, -0.25) is 4.79 Å². The number of aromatic amines is 1. The predicted molar refractivity (Wildman–Crippen MR) is 80.7 cm³/mol. The number of rotatable bonds is 3. The molecule has 2 aromatic rings. The van der Waals surface area contributed by atoms with Gasteiger partial charge in [-0.05, 0) is 24.1 Å². The number of morpholine rings is 1. The number of carboxylic acid groups (broad SMARTS) is 1. The summed E-state index contributed by atoms with van der Waals surface area (Å²) in [5.74, 6) is -1.10. The highest BCUT2D eigenvalue weighted by molar-refractivity contribution is 5.91. The zero-order valence-electron chi connectivity index (χ0n) is 12.3. The number of aromatic nitrogens is 1. The van der Waals surface area contributed by atoms with Crippen LogP contribution in [-0.2, 0) is 20.7 Å². The van der Waals surface area contributed by atoms with Crippen molar-refractivity contribution in [1.82, 2.24) is 9.88 Å². The third kappa shape index (κ3) is 2.69. The maximum atomic E-state index is 12.5. The summed E-state index contributed by atoms with van der Waals surface area (Å²) in [6.07, 6.45) is 1.18. The minimum Gasteiger partial charge on any atom is -0.479 e. The Morgan fingerprint density at radius 3 is 3.05 bits per heavy atom. The van der Waals surface area contributed by atoms with Crippen LogP contribution in [0.25, 0.3) is 10.9 Å². The van der Waals surface area contributed by atoms with Gasteiger partial charge < -0.3 is 19.7 Å². The molecule has 1 aliphatic heterocycles. The number of carbonyl (C=O) groups is 2. The highest BCUT2D eigenvalue weighted by Crippen LogP contribution is 2.23. The van der Waals surface area contributed by atoms with Gasteiger partial charge in [0.1, 0.15) is 0 Å². The molecule has 22 heavy (non-hydrogen) atoms. The highest BCUT2D eigenvalue weighted by atomic mass is 16.5. The Balaban J connectivity index is 1.77. The summed E-state index contributed by atoms with van der Waals surface area (Å²) in [7, 11) is 0. The zero-order valence-corrected chi connectivity index (χ0v) is 12.3. The number of aryl methyl sites for hydroxylation is 1. The van der Waals surface area contributed by atoms with Crippen LogP contribution in [0.1, 0.15) is 11.1 Å². The fourth-order valence-electron chi connectivity index (χ4n) is 2.89. The first-order valence-electron chi connectivity index (χ1n) is 7.24. The number of ether oxygens (including phenoxy) is 1. The van der Waals surface area contributed by atoms with E-state index in [0.717, 1.165) is 22.0 Å². The summed E-state index contributed by atoms with van der Waals surface area (Å²) in [5.41, 5.74) is 3.07. The molecule has 1 amide bonds. The van der Waals surface area contributed by atoms with Gasteiger partial charge >= 0.3 is 5.97 Å². The van der Waals surface area contributed by atoms with E-state index >= 15 is 0 Å². The minimum absolute atomic E-state index is 0.0706.